The molecule has 9 nitrogen and oxygen atoms in total. The predicted octanol–water partition coefficient (Wildman–Crippen LogP) is 1.26. The zero-order valence-corrected chi connectivity index (χ0v) is 16.7. The number of esters is 1. The largest absolute Gasteiger partial charge is 0.456 e. The van der Waals surface area contributed by atoms with Gasteiger partial charge in [-0.2, -0.15) is 0 Å². The molecule has 0 spiro atoms. The number of carbonyl (C=O) groups excluding carboxylic acids is 5. The summed E-state index contributed by atoms with van der Waals surface area (Å²) in [5, 5.41) is 2.66. The fourth-order valence-electron chi connectivity index (χ4n) is 3.97. The molecule has 2 aliphatic heterocycles. The van der Waals surface area contributed by atoms with Gasteiger partial charge in [0.05, 0.1) is 0 Å². The Balaban J connectivity index is 1.33. The second-order valence-corrected chi connectivity index (χ2v) is 8.08. The van der Waals surface area contributed by atoms with Crippen LogP contribution in [0.5, 0.6) is 0 Å². The van der Waals surface area contributed by atoms with E-state index >= 15 is 0 Å². The number of ether oxygens (including phenoxy) is 1. The molecule has 4 rings (SSSR count). The van der Waals surface area contributed by atoms with Crippen molar-refractivity contribution in [2.24, 2.45) is 5.92 Å². The van der Waals surface area contributed by atoms with Gasteiger partial charge in [-0.15, -0.1) is 0 Å². The van der Waals surface area contributed by atoms with Gasteiger partial charge in [-0.3, -0.25) is 24.1 Å². The monoisotopic (exact) mass is 413 g/mol. The first kappa shape index (κ1) is 20.1. The summed E-state index contributed by atoms with van der Waals surface area (Å²) in [4.78, 5) is 63.6. The molecule has 158 valence electrons. The second-order valence-electron chi connectivity index (χ2n) is 8.08. The van der Waals surface area contributed by atoms with Crippen molar-refractivity contribution in [2.45, 2.75) is 38.1 Å². The van der Waals surface area contributed by atoms with Crippen LogP contribution in [0.25, 0.3) is 0 Å². The van der Waals surface area contributed by atoms with Crippen molar-refractivity contribution in [3.05, 3.63) is 29.8 Å². The molecule has 0 unspecified atom stereocenters. The maximum Gasteiger partial charge on any atom is 0.326 e. The minimum absolute atomic E-state index is 0.0118. The van der Waals surface area contributed by atoms with E-state index in [0.717, 1.165) is 24.2 Å². The van der Waals surface area contributed by atoms with Crippen LogP contribution in [0.2, 0.25) is 0 Å². The lowest BCUT2D eigenvalue weighted by atomic mass is 9.96. The normalized spacial score (nSPS) is 23.7. The summed E-state index contributed by atoms with van der Waals surface area (Å²) in [5.74, 6) is -1.61. The van der Waals surface area contributed by atoms with Crippen LogP contribution in [0.15, 0.2) is 24.3 Å². The first-order chi connectivity index (χ1) is 14.3. The Kier molecular flexibility index (Phi) is 5.05. The maximum atomic E-state index is 12.5. The number of carbonyl (C=O) groups is 5. The summed E-state index contributed by atoms with van der Waals surface area (Å²) in [7, 11) is 0. The van der Waals surface area contributed by atoms with Crippen LogP contribution in [0.3, 0.4) is 0 Å². The molecule has 2 saturated heterocycles. The van der Waals surface area contributed by atoms with E-state index in [0.29, 0.717) is 24.2 Å². The number of urea groups is 1. The summed E-state index contributed by atoms with van der Waals surface area (Å²) in [6, 6.07) is 5.97. The molecule has 4 amide bonds. The lowest BCUT2D eigenvalue weighted by Gasteiger charge is -2.20. The van der Waals surface area contributed by atoms with Gasteiger partial charge in [0.15, 0.2) is 12.4 Å². The highest BCUT2D eigenvalue weighted by atomic mass is 16.5. The molecule has 2 heterocycles. The Hall–Kier alpha value is -3.23. The Morgan fingerprint density at radius 3 is 2.67 bits per heavy atom. The molecule has 1 saturated carbocycles. The van der Waals surface area contributed by atoms with Crippen molar-refractivity contribution in [1.29, 1.82) is 0 Å². The number of nitrogens with zero attached hydrogens (tertiary/aromatic N) is 2. The van der Waals surface area contributed by atoms with Crippen molar-refractivity contribution in [1.82, 2.24) is 10.2 Å². The van der Waals surface area contributed by atoms with Crippen LogP contribution in [-0.2, 0) is 19.1 Å². The topological polar surface area (TPSA) is 113 Å². The third-order valence-electron chi connectivity index (χ3n) is 5.90. The maximum absolute atomic E-state index is 12.5. The molecule has 0 radical (unpaired) electrons. The van der Waals surface area contributed by atoms with Gasteiger partial charge >= 0.3 is 12.0 Å². The number of imide groups is 1. The molecule has 1 aromatic rings. The molecule has 9 heteroatoms. The van der Waals surface area contributed by atoms with Crippen LogP contribution in [0.4, 0.5) is 10.5 Å². The van der Waals surface area contributed by atoms with Crippen LogP contribution in [-0.4, -0.2) is 59.7 Å². The van der Waals surface area contributed by atoms with Crippen LogP contribution in [0.1, 0.15) is 43.0 Å². The molecule has 1 N–H and O–H groups in total. The summed E-state index contributed by atoms with van der Waals surface area (Å²) in [6.45, 7) is 1.22. The fourth-order valence-corrected chi connectivity index (χ4v) is 3.97. The van der Waals surface area contributed by atoms with E-state index in [2.05, 4.69) is 5.32 Å². The first-order valence-electron chi connectivity index (χ1n) is 10.0. The third-order valence-corrected chi connectivity index (χ3v) is 5.90. The molecule has 30 heavy (non-hydrogen) atoms. The van der Waals surface area contributed by atoms with E-state index in [1.54, 1.807) is 36.1 Å². The molecular formula is C21H23N3O6. The van der Waals surface area contributed by atoms with E-state index in [-0.39, 0.29) is 11.8 Å². The summed E-state index contributed by atoms with van der Waals surface area (Å²) >= 11 is 0. The summed E-state index contributed by atoms with van der Waals surface area (Å²) in [5.41, 5.74) is -0.0228. The lowest BCUT2D eigenvalue weighted by molar-refractivity contribution is -0.146. The quantitative estimate of drug-likeness (QED) is 0.409. The van der Waals surface area contributed by atoms with Crippen LogP contribution >= 0.6 is 0 Å². The number of hydrogen-bond donors (Lipinski definition) is 1. The van der Waals surface area contributed by atoms with E-state index in [1.807, 2.05) is 0 Å². The van der Waals surface area contributed by atoms with Gasteiger partial charge in [-0.25, -0.2) is 4.79 Å². The van der Waals surface area contributed by atoms with Crippen molar-refractivity contribution >= 4 is 35.3 Å². The van der Waals surface area contributed by atoms with Gasteiger partial charge < -0.3 is 15.0 Å². The summed E-state index contributed by atoms with van der Waals surface area (Å²) < 4.78 is 5.00. The minimum Gasteiger partial charge on any atom is -0.456 e. The third kappa shape index (κ3) is 3.67. The molecule has 1 aromatic carbocycles. The number of benzene rings is 1. The Morgan fingerprint density at radius 2 is 2.00 bits per heavy atom. The first-order valence-corrected chi connectivity index (χ1v) is 10.0. The number of nitrogens with one attached hydrogen (secondary N) is 1. The average Bonchev–Trinajstić information content (AvgIpc) is 3.47. The summed E-state index contributed by atoms with van der Waals surface area (Å²) in [6.07, 6.45) is 2.98. The van der Waals surface area contributed by atoms with Gasteiger partial charge in [-0.05, 0) is 44.2 Å². The van der Waals surface area contributed by atoms with Crippen molar-refractivity contribution in [3.63, 3.8) is 0 Å². The van der Waals surface area contributed by atoms with E-state index in [9.17, 15) is 24.0 Å². The molecular weight excluding hydrogens is 390 g/mol. The van der Waals surface area contributed by atoms with Gasteiger partial charge in [0, 0.05) is 24.2 Å². The highest BCUT2D eigenvalue weighted by Crippen LogP contribution is 2.42. The number of anilines is 1. The highest BCUT2D eigenvalue weighted by Gasteiger charge is 2.56. The SMILES string of the molecule is C[C@]1(C2CC2)NC(=O)N(CC(=O)OCC(=O)c2cccc(N3CCCC3=O)c2)C1=O. The highest BCUT2D eigenvalue weighted by molar-refractivity contribution is 6.09. The van der Waals surface area contributed by atoms with Gasteiger partial charge in [-0.1, -0.05) is 12.1 Å². The number of hydrogen-bond acceptors (Lipinski definition) is 6. The van der Waals surface area contributed by atoms with Gasteiger partial charge in [0.2, 0.25) is 5.91 Å². The van der Waals surface area contributed by atoms with E-state index in [4.69, 9.17) is 4.74 Å². The smallest absolute Gasteiger partial charge is 0.326 e. The fraction of sp³-hybridized carbons (Fsp3) is 0.476. The second kappa shape index (κ2) is 7.55. The Labute approximate surface area is 173 Å². The lowest BCUT2D eigenvalue weighted by Crippen LogP contribution is -2.46. The molecule has 1 atom stereocenters. The number of amides is 4. The molecule has 3 fully saturated rings. The van der Waals surface area contributed by atoms with E-state index < -0.39 is 42.4 Å². The van der Waals surface area contributed by atoms with E-state index in [1.165, 1.54) is 0 Å². The zero-order chi connectivity index (χ0) is 21.5. The number of Topliss-reactive ketones (excluding diaryl/α,β-unsaturated/α-hetero) is 1. The van der Waals surface area contributed by atoms with Gasteiger partial charge in [0.25, 0.3) is 5.91 Å². The number of ketones is 1. The standard InChI is InChI=1S/C21H23N3O6/c1-21(14-7-8-14)19(28)24(20(29)22-21)11-18(27)30-12-16(25)13-4-2-5-15(10-13)23-9-3-6-17(23)26/h2,4-5,10,14H,3,6-9,11-12H2,1H3,(H,22,29)/t21-/m1/s1. The minimum atomic E-state index is -0.972. The predicted molar refractivity (Wildman–Crippen MR) is 105 cm³/mol. The molecule has 3 aliphatic rings. The van der Waals surface area contributed by atoms with Crippen molar-refractivity contribution in [2.75, 3.05) is 24.6 Å². The van der Waals surface area contributed by atoms with Crippen LogP contribution in [0, 0.1) is 5.92 Å². The van der Waals surface area contributed by atoms with Crippen molar-refractivity contribution in [3.8, 4) is 0 Å². The van der Waals surface area contributed by atoms with Crippen molar-refractivity contribution < 1.29 is 28.7 Å². The molecule has 0 aromatic heterocycles. The Bertz CT molecular complexity index is 940. The molecule has 0 bridgehead atoms. The zero-order valence-electron chi connectivity index (χ0n) is 16.7. The molecule has 1 aliphatic carbocycles. The average molecular weight is 413 g/mol. The Morgan fingerprint density at radius 1 is 1.23 bits per heavy atom. The van der Waals surface area contributed by atoms with Crippen LogP contribution < -0.4 is 10.2 Å². The van der Waals surface area contributed by atoms with Gasteiger partial charge in [0.1, 0.15) is 12.1 Å². The number of rotatable bonds is 7.